The Labute approximate surface area is 98.9 Å². The summed E-state index contributed by atoms with van der Waals surface area (Å²) in [6, 6.07) is 3.83. The molecule has 2 aromatic rings. The number of rotatable bonds is 4. The number of nitrogens with zero attached hydrogens (tertiary/aromatic N) is 3. The maximum Gasteiger partial charge on any atom is 0.214 e. The summed E-state index contributed by atoms with van der Waals surface area (Å²) in [5, 5.41) is 1.04. The number of aromatic nitrogens is 2. The minimum atomic E-state index is 0.656. The van der Waals surface area contributed by atoms with Crippen molar-refractivity contribution in [2.24, 2.45) is 0 Å². The molecule has 0 fully saturated rings. The second-order valence-corrected chi connectivity index (χ2v) is 5.04. The first-order valence-electron chi connectivity index (χ1n) is 5.17. The quantitative estimate of drug-likeness (QED) is 0.814. The van der Waals surface area contributed by atoms with Crippen LogP contribution in [0.3, 0.4) is 0 Å². The molecule has 16 heavy (non-hydrogen) atoms. The lowest BCUT2D eigenvalue weighted by atomic mass is 10.4. The molecule has 2 rings (SSSR count). The molecule has 0 bridgehead atoms. The number of likely N-dealkylation sites (N-methyl/N-ethyl adjacent to an activating group) is 1. The second kappa shape index (κ2) is 4.76. The Balaban J connectivity index is 2.07. The summed E-state index contributed by atoms with van der Waals surface area (Å²) in [6.45, 7) is 3.53. The van der Waals surface area contributed by atoms with Gasteiger partial charge < -0.3 is 9.64 Å². The third-order valence-corrected chi connectivity index (χ3v) is 3.01. The number of hydrogen-bond acceptors (Lipinski definition) is 5. The Hall–Kier alpha value is -1.20. The zero-order valence-electron chi connectivity index (χ0n) is 9.73. The Morgan fingerprint density at radius 3 is 2.88 bits per heavy atom. The predicted molar refractivity (Wildman–Crippen MR) is 66.2 cm³/mol. The molecule has 0 aromatic carbocycles. The Bertz CT molecular complexity index is 481. The van der Waals surface area contributed by atoms with Gasteiger partial charge in [0.15, 0.2) is 0 Å². The van der Waals surface area contributed by atoms with E-state index >= 15 is 0 Å². The van der Waals surface area contributed by atoms with Crippen molar-refractivity contribution in [3.05, 3.63) is 17.1 Å². The van der Waals surface area contributed by atoms with Crippen LogP contribution >= 0.6 is 11.3 Å². The third-order valence-electron chi connectivity index (χ3n) is 2.13. The summed E-state index contributed by atoms with van der Waals surface area (Å²) in [4.78, 5) is 11.8. The van der Waals surface area contributed by atoms with E-state index in [4.69, 9.17) is 4.74 Å². The van der Waals surface area contributed by atoms with E-state index in [1.54, 1.807) is 11.3 Å². The zero-order chi connectivity index (χ0) is 11.5. The van der Waals surface area contributed by atoms with Crippen LogP contribution in [-0.4, -0.2) is 42.1 Å². The first-order valence-corrected chi connectivity index (χ1v) is 5.98. The molecule has 0 aliphatic carbocycles. The molecule has 0 amide bonds. The lowest BCUT2D eigenvalue weighted by molar-refractivity contribution is 0.254. The van der Waals surface area contributed by atoms with Crippen molar-refractivity contribution in [3.63, 3.8) is 0 Å². The monoisotopic (exact) mass is 237 g/mol. The standard InChI is InChI=1S/C11H15N3OS/c1-8-12-9-4-5-10(13-11(9)16-8)15-7-6-14(2)3/h4-5H,6-7H2,1-3H3. The highest BCUT2D eigenvalue weighted by Crippen LogP contribution is 2.21. The zero-order valence-corrected chi connectivity index (χ0v) is 10.5. The van der Waals surface area contributed by atoms with Crippen molar-refractivity contribution in [3.8, 4) is 5.88 Å². The first kappa shape index (κ1) is 11.3. The van der Waals surface area contributed by atoms with Crippen LogP contribution in [0, 0.1) is 6.92 Å². The van der Waals surface area contributed by atoms with Crippen molar-refractivity contribution in [1.29, 1.82) is 0 Å². The van der Waals surface area contributed by atoms with Crippen LogP contribution in [-0.2, 0) is 0 Å². The molecule has 0 saturated heterocycles. The summed E-state index contributed by atoms with van der Waals surface area (Å²) in [5.74, 6) is 0.679. The van der Waals surface area contributed by atoms with Gasteiger partial charge in [0, 0.05) is 12.6 Å². The fraction of sp³-hybridized carbons (Fsp3) is 0.455. The van der Waals surface area contributed by atoms with E-state index in [1.807, 2.05) is 33.2 Å². The van der Waals surface area contributed by atoms with Crippen LogP contribution in [0.1, 0.15) is 5.01 Å². The normalized spacial score (nSPS) is 11.2. The van der Waals surface area contributed by atoms with Gasteiger partial charge in [-0.05, 0) is 27.1 Å². The molecular formula is C11H15N3OS. The van der Waals surface area contributed by atoms with Gasteiger partial charge in [-0.2, -0.15) is 0 Å². The predicted octanol–water partition coefficient (Wildman–Crippen LogP) is 1.94. The van der Waals surface area contributed by atoms with Gasteiger partial charge in [0.2, 0.25) is 5.88 Å². The fourth-order valence-corrected chi connectivity index (χ4v) is 2.10. The Kier molecular flexibility index (Phi) is 3.36. The Morgan fingerprint density at radius 2 is 2.12 bits per heavy atom. The van der Waals surface area contributed by atoms with Crippen molar-refractivity contribution < 1.29 is 4.74 Å². The molecule has 0 radical (unpaired) electrons. The number of ether oxygens (including phenoxy) is 1. The molecule has 0 aliphatic heterocycles. The van der Waals surface area contributed by atoms with Gasteiger partial charge in [-0.15, -0.1) is 0 Å². The lowest BCUT2D eigenvalue weighted by Crippen LogP contribution is -2.19. The number of pyridine rings is 1. The molecule has 0 spiro atoms. The number of fused-ring (bicyclic) bond motifs is 1. The van der Waals surface area contributed by atoms with E-state index in [0.717, 1.165) is 21.9 Å². The van der Waals surface area contributed by atoms with Crippen molar-refractivity contribution >= 4 is 21.7 Å². The van der Waals surface area contributed by atoms with Gasteiger partial charge in [-0.1, -0.05) is 11.3 Å². The summed E-state index contributed by atoms with van der Waals surface area (Å²) < 4.78 is 5.56. The van der Waals surface area contributed by atoms with Crippen molar-refractivity contribution in [2.45, 2.75) is 6.92 Å². The fourth-order valence-electron chi connectivity index (χ4n) is 1.32. The molecule has 86 valence electrons. The van der Waals surface area contributed by atoms with E-state index in [9.17, 15) is 0 Å². The van der Waals surface area contributed by atoms with Gasteiger partial charge in [0.1, 0.15) is 17.0 Å². The topological polar surface area (TPSA) is 38.2 Å². The SMILES string of the molecule is Cc1nc2ccc(OCCN(C)C)nc2s1. The molecule has 4 nitrogen and oxygen atoms in total. The second-order valence-electron chi connectivity index (χ2n) is 3.86. The van der Waals surface area contributed by atoms with Crippen LogP contribution in [0.15, 0.2) is 12.1 Å². The highest BCUT2D eigenvalue weighted by atomic mass is 32.1. The first-order chi connectivity index (χ1) is 7.65. The highest BCUT2D eigenvalue weighted by molar-refractivity contribution is 7.18. The molecule has 0 N–H and O–H groups in total. The van der Waals surface area contributed by atoms with Gasteiger partial charge in [-0.3, -0.25) is 0 Å². The molecule has 2 aromatic heterocycles. The third kappa shape index (κ3) is 2.68. The van der Waals surface area contributed by atoms with Gasteiger partial charge >= 0.3 is 0 Å². The summed E-state index contributed by atoms with van der Waals surface area (Å²) in [5.41, 5.74) is 0.947. The summed E-state index contributed by atoms with van der Waals surface area (Å²) >= 11 is 1.59. The minimum absolute atomic E-state index is 0.656. The molecular weight excluding hydrogens is 222 g/mol. The van der Waals surface area contributed by atoms with Crippen LogP contribution in [0.4, 0.5) is 0 Å². The van der Waals surface area contributed by atoms with Crippen molar-refractivity contribution in [1.82, 2.24) is 14.9 Å². The van der Waals surface area contributed by atoms with Gasteiger partial charge in [-0.25, -0.2) is 9.97 Å². The number of hydrogen-bond donors (Lipinski definition) is 0. The molecule has 2 heterocycles. The van der Waals surface area contributed by atoms with E-state index < -0.39 is 0 Å². The summed E-state index contributed by atoms with van der Waals surface area (Å²) in [6.07, 6.45) is 0. The van der Waals surface area contributed by atoms with Crippen LogP contribution in [0.25, 0.3) is 10.3 Å². The summed E-state index contributed by atoms with van der Waals surface area (Å²) in [7, 11) is 4.04. The lowest BCUT2D eigenvalue weighted by Gasteiger charge is -2.09. The van der Waals surface area contributed by atoms with E-state index in [-0.39, 0.29) is 0 Å². The molecule has 0 atom stereocenters. The molecule has 0 unspecified atom stereocenters. The van der Waals surface area contributed by atoms with Gasteiger partial charge in [0.25, 0.3) is 0 Å². The van der Waals surface area contributed by atoms with Crippen LogP contribution in [0.5, 0.6) is 5.88 Å². The van der Waals surface area contributed by atoms with Crippen LogP contribution in [0.2, 0.25) is 0 Å². The van der Waals surface area contributed by atoms with Crippen LogP contribution < -0.4 is 4.74 Å². The Morgan fingerprint density at radius 1 is 1.31 bits per heavy atom. The molecule has 5 heteroatoms. The molecule has 0 aliphatic rings. The molecule has 0 saturated carbocycles. The van der Waals surface area contributed by atoms with E-state index in [0.29, 0.717) is 12.5 Å². The van der Waals surface area contributed by atoms with Gasteiger partial charge in [0.05, 0.1) is 5.01 Å². The minimum Gasteiger partial charge on any atom is -0.476 e. The van der Waals surface area contributed by atoms with E-state index in [1.165, 1.54) is 0 Å². The number of aryl methyl sites for hydroxylation is 1. The smallest absolute Gasteiger partial charge is 0.214 e. The average Bonchev–Trinajstić information content (AvgIpc) is 2.56. The maximum absolute atomic E-state index is 5.56. The number of thiazole rings is 1. The maximum atomic E-state index is 5.56. The highest BCUT2D eigenvalue weighted by Gasteiger charge is 2.03. The van der Waals surface area contributed by atoms with Crippen molar-refractivity contribution in [2.75, 3.05) is 27.2 Å². The largest absolute Gasteiger partial charge is 0.476 e. The van der Waals surface area contributed by atoms with E-state index in [2.05, 4.69) is 14.9 Å². The average molecular weight is 237 g/mol.